The largest absolute Gasteiger partial charge is 0.310 e. The summed E-state index contributed by atoms with van der Waals surface area (Å²) in [5, 5.41) is 3.47. The third-order valence-corrected chi connectivity index (χ3v) is 3.85. The molecule has 2 heteroatoms. The van der Waals surface area contributed by atoms with E-state index < -0.39 is 0 Å². The number of benzene rings is 2. The third-order valence-electron chi connectivity index (χ3n) is 3.85. The van der Waals surface area contributed by atoms with Crippen LogP contribution in [0.1, 0.15) is 42.5 Å². The van der Waals surface area contributed by atoms with Crippen LogP contribution >= 0.6 is 0 Å². The summed E-state index contributed by atoms with van der Waals surface area (Å²) in [6, 6.07) is 16.3. The van der Waals surface area contributed by atoms with Gasteiger partial charge < -0.3 is 5.32 Å². The van der Waals surface area contributed by atoms with Gasteiger partial charge in [-0.1, -0.05) is 49.4 Å². The van der Waals surface area contributed by atoms with Gasteiger partial charge in [0.1, 0.15) is 5.82 Å². The molecule has 1 unspecified atom stereocenters. The van der Waals surface area contributed by atoms with Gasteiger partial charge in [-0.25, -0.2) is 4.39 Å². The van der Waals surface area contributed by atoms with E-state index in [0.29, 0.717) is 5.56 Å². The molecule has 0 amide bonds. The van der Waals surface area contributed by atoms with Crippen LogP contribution < -0.4 is 5.32 Å². The number of halogens is 1. The maximum absolute atomic E-state index is 13.7. The lowest BCUT2D eigenvalue weighted by molar-refractivity contribution is 0.494. The second-order valence-electron chi connectivity index (χ2n) is 5.50. The molecule has 1 N–H and O–H groups in total. The zero-order valence-corrected chi connectivity index (χ0v) is 12.9. The highest BCUT2D eigenvalue weighted by molar-refractivity contribution is 5.26. The average molecular weight is 285 g/mol. The first-order valence-corrected chi connectivity index (χ1v) is 7.74. The van der Waals surface area contributed by atoms with E-state index in [9.17, 15) is 4.39 Å². The number of aryl methyl sites for hydroxylation is 2. The van der Waals surface area contributed by atoms with Gasteiger partial charge in [0.15, 0.2) is 0 Å². The molecule has 0 aliphatic heterocycles. The van der Waals surface area contributed by atoms with Crippen LogP contribution in [0.2, 0.25) is 0 Å². The molecule has 21 heavy (non-hydrogen) atoms. The molecule has 0 heterocycles. The lowest BCUT2D eigenvalue weighted by atomic mass is 9.98. The first-order chi connectivity index (χ1) is 10.2. The Morgan fingerprint density at radius 3 is 2.52 bits per heavy atom. The standard InChI is InChI=1S/C19H24FN/c1-3-21-19(17-13-12-15(2)18(20)14-17)11-7-10-16-8-5-4-6-9-16/h4-6,8-9,12-14,19,21H,3,7,10-11H2,1-2H3. The average Bonchev–Trinajstić information content (AvgIpc) is 2.50. The fraction of sp³-hybridized carbons (Fsp3) is 0.368. The summed E-state index contributed by atoms with van der Waals surface area (Å²) in [7, 11) is 0. The summed E-state index contributed by atoms with van der Waals surface area (Å²) in [5.41, 5.74) is 3.12. The minimum Gasteiger partial charge on any atom is -0.310 e. The van der Waals surface area contributed by atoms with Crippen molar-refractivity contribution in [3.63, 3.8) is 0 Å². The molecule has 1 atom stereocenters. The van der Waals surface area contributed by atoms with E-state index in [1.54, 1.807) is 13.0 Å². The van der Waals surface area contributed by atoms with Crippen molar-refractivity contribution in [2.24, 2.45) is 0 Å². The zero-order chi connectivity index (χ0) is 15.1. The van der Waals surface area contributed by atoms with Gasteiger partial charge in [-0.2, -0.15) is 0 Å². The Kier molecular flexibility index (Phi) is 5.94. The highest BCUT2D eigenvalue weighted by atomic mass is 19.1. The summed E-state index contributed by atoms with van der Waals surface area (Å²) in [5.74, 6) is -0.113. The number of nitrogens with one attached hydrogen (secondary N) is 1. The molecule has 1 nitrogen and oxygen atoms in total. The molecule has 0 saturated carbocycles. The van der Waals surface area contributed by atoms with Crippen molar-refractivity contribution >= 4 is 0 Å². The Hall–Kier alpha value is -1.67. The molecule has 2 aromatic rings. The highest BCUT2D eigenvalue weighted by Gasteiger charge is 2.11. The van der Waals surface area contributed by atoms with Gasteiger partial charge in [0.2, 0.25) is 0 Å². The predicted molar refractivity (Wildman–Crippen MR) is 86.9 cm³/mol. The van der Waals surface area contributed by atoms with Crippen LogP contribution in [0, 0.1) is 12.7 Å². The van der Waals surface area contributed by atoms with Crippen molar-refractivity contribution in [3.8, 4) is 0 Å². The summed E-state index contributed by atoms with van der Waals surface area (Å²) in [6.07, 6.45) is 3.18. The van der Waals surface area contributed by atoms with Gasteiger partial charge in [0.05, 0.1) is 0 Å². The predicted octanol–water partition coefficient (Wildman–Crippen LogP) is 4.81. The van der Waals surface area contributed by atoms with Gasteiger partial charge in [-0.3, -0.25) is 0 Å². The molecule has 0 aliphatic carbocycles. The minimum atomic E-state index is -0.113. The monoisotopic (exact) mass is 285 g/mol. The Morgan fingerprint density at radius 1 is 1.10 bits per heavy atom. The molecule has 0 aliphatic rings. The van der Waals surface area contributed by atoms with Crippen LogP contribution in [0.4, 0.5) is 4.39 Å². The van der Waals surface area contributed by atoms with Gasteiger partial charge >= 0.3 is 0 Å². The second kappa shape index (κ2) is 7.94. The van der Waals surface area contributed by atoms with Crippen molar-refractivity contribution < 1.29 is 4.39 Å². The topological polar surface area (TPSA) is 12.0 Å². The lowest BCUT2D eigenvalue weighted by Gasteiger charge is -2.19. The smallest absolute Gasteiger partial charge is 0.126 e. The molecule has 0 bridgehead atoms. The molecule has 0 spiro atoms. The van der Waals surface area contributed by atoms with Crippen molar-refractivity contribution in [2.75, 3.05) is 6.54 Å². The summed E-state index contributed by atoms with van der Waals surface area (Å²) in [4.78, 5) is 0. The maximum atomic E-state index is 13.7. The number of rotatable bonds is 7. The molecule has 2 aromatic carbocycles. The summed E-state index contributed by atoms with van der Waals surface area (Å²) in [6.45, 7) is 4.79. The van der Waals surface area contributed by atoms with E-state index in [2.05, 4.69) is 36.5 Å². The SMILES string of the molecule is CCNC(CCCc1ccccc1)c1ccc(C)c(F)c1. The zero-order valence-electron chi connectivity index (χ0n) is 12.9. The molecule has 2 rings (SSSR count). The van der Waals surface area contributed by atoms with Crippen LogP contribution in [0.5, 0.6) is 0 Å². The Labute approximate surface area is 127 Å². The maximum Gasteiger partial charge on any atom is 0.126 e. The van der Waals surface area contributed by atoms with Crippen LogP contribution in [-0.4, -0.2) is 6.54 Å². The van der Waals surface area contributed by atoms with Crippen LogP contribution in [0.3, 0.4) is 0 Å². The van der Waals surface area contributed by atoms with E-state index in [1.165, 1.54) is 5.56 Å². The molecular formula is C19H24FN. The molecule has 112 valence electrons. The van der Waals surface area contributed by atoms with Gasteiger partial charge in [0.25, 0.3) is 0 Å². The fourth-order valence-electron chi connectivity index (χ4n) is 2.61. The van der Waals surface area contributed by atoms with Crippen LogP contribution in [0.25, 0.3) is 0 Å². The van der Waals surface area contributed by atoms with E-state index in [0.717, 1.165) is 31.4 Å². The normalized spacial score (nSPS) is 12.3. The van der Waals surface area contributed by atoms with E-state index >= 15 is 0 Å². The summed E-state index contributed by atoms with van der Waals surface area (Å²) < 4.78 is 13.7. The van der Waals surface area contributed by atoms with Gasteiger partial charge in [-0.15, -0.1) is 0 Å². The number of hydrogen-bond acceptors (Lipinski definition) is 1. The van der Waals surface area contributed by atoms with Crippen molar-refractivity contribution in [1.82, 2.24) is 5.32 Å². The van der Waals surface area contributed by atoms with Crippen molar-refractivity contribution in [2.45, 2.75) is 39.2 Å². The second-order valence-corrected chi connectivity index (χ2v) is 5.50. The molecule has 0 aromatic heterocycles. The molecule has 0 radical (unpaired) electrons. The van der Waals surface area contributed by atoms with Crippen LogP contribution in [0.15, 0.2) is 48.5 Å². The third kappa shape index (κ3) is 4.68. The lowest BCUT2D eigenvalue weighted by Crippen LogP contribution is -2.21. The van der Waals surface area contributed by atoms with Crippen LogP contribution in [-0.2, 0) is 6.42 Å². The number of hydrogen-bond donors (Lipinski definition) is 1. The van der Waals surface area contributed by atoms with Gasteiger partial charge in [-0.05, 0) is 55.5 Å². The Bertz CT molecular complexity index is 551. The Morgan fingerprint density at radius 2 is 1.86 bits per heavy atom. The fourth-order valence-corrected chi connectivity index (χ4v) is 2.61. The molecule has 0 saturated heterocycles. The van der Waals surface area contributed by atoms with Crippen molar-refractivity contribution in [3.05, 3.63) is 71.0 Å². The highest BCUT2D eigenvalue weighted by Crippen LogP contribution is 2.22. The van der Waals surface area contributed by atoms with E-state index in [4.69, 9.17) is 0 Å². The quantitative estimate of drug-likeness (QED) is 0.770. The van der Waals surface area contributed by atoms with Crippen molar-refractivity contribution in [1.29, 1.82) is 0 Å². The van der Waals surface area contributed by atoms with E-state index in [-0.39, 0.29) is 11.9 Å². The minimum absolute atomic E-state index is 0.113. The van der Waals surface area contributed by atoms with E-state index in [1.807, 2.05) is 18.2 Å². The van der Waals surface area contributed by atoms with Gasteiger partial charge in [0, 0.05) is 6.04 Å². The molecular weight excluding hydrogens is 261 g/mol. The molecule has 0 fully saturated rings. The summed E-state index contributed by atoms with van der Waals surface area (Å²) >= 11 is 0. The first kappa shape index (κ1) is 15.7. The first-order valence-electron chi connectivity index (χ1n) is 7.74. The Balaban J connectivity index is 1.97.